The number of hydrogen-bond acceptors (Lipinski definition) is 5. The predicted molar refractivity (Wildman–Crippen MR) is 223 cm³/mol. The molecule has 256 valence electrons. The third kappa shape index (κ3) is 4.76. The van der Waals surface area contributed by atoms with Crippen LogP contribution >= 0.6 is 23.5 Å². The van der Waals surface area contributed by atoms with Crippen molar-refractivity contribution >= 4 is 45.3 Å². The van der Waals surface area contributed by atoms with Gasteiger partial charge in [-0.2, -0.15) is 0 Å². The zero-order chi connectivity index (χ0) is 36.0. The smallest absolute Gasteiger partial charge is 0.164 e. The first-order valence-corrected chi connectivity index (χ1v) is 19.8. The minimum absolute atomic E-state index is 0.228. The molecule has 1 aliphatic carbocycles. The molecule has 0 fully saturated rings. The molecule has 0 atom stereocenters. The lowest BCUT2D eigenvalue weighted by atomic mass is 9.81. The average Bonchev–Trinajstić information content (AvgIpc) is 3.69. The molecule has 0 unspecified atom stereocenters. The van der Waals surface area contributed by atoms with Gasteiger partial charge in [0.2, 0.25) is 0 Å². The van der Waals surface area contributed by atoms with E-state index in [2.05, 4.69) is 115 Å². The lowest BCUT2D eigenvalue weighted by Crippen LogP contribution is -2.18. The Morgan fingerprint density at radius 3 is 1.65 bits per heavy atom. The molecule has 0 spiro atoms. The van der Waals surface area contributed by atoms with Crippen LogP contribution in [0.5, 0.6) is 0 Å². The molecule has 0 radical (unpaired) electrons. The molecule has 1 aliphatic heterocycles. The van der Waals surface area contributed by atoms with Gasteiger partial charge >= 0.3 is 0 Å². The maximum Gasteiger partial charge on any atom is 0.164 e. The Hall–Kier alpha value is -5.95. The van der Waals surface area contributed by atoms with Crippen LogP contribution in [0.15, 0.2) is 177 Å². The van der Waals surface area contributed by atoms with Crippen molar-refractivity contribution in [2.75, 3.05) is 0 Å². The average molecular weight is 729 g/mol. The van der Waals surface area contributed by atoms with E-state index in [1.54, 1.807) is 0 Å². The van der Waals surface area contributed by atoms with Crippen LogP contribution in [-0.2, 0) is 5.41 Å². The minimum Gasteiger partial charge on any atom is -0.309 e. The van der Waals surface area contributed by atoms with Crippen molar-refractivity contribution in [2.24, 2.45) is 0 Å². The fraction of sp³-hybridized carbons (Fsp3) is 0.0625. The van der Waals surface area contributed by atoms with E-state index in [0.717, 1.165) is 22.4 Å². The van der Waals surface area contributed by atoms with Gasteiger partial charge in [0.05, 0.1) is 11.0 Å². The summed E-state index contributed by atoms with van der Waals surface area (Å²) in [5, 5.41) is 2.53. The normalized spacial score (nSPS) is 13.7. The maximum absolute atomic E-state index is 5.00. The summed E-state index contributed by atoms with van der Waals surface area (Å²) >= 11 is 3.82. The molecule has 7 aromatic carbocycles. The molecule has 9 aromatic rings. The predicted octanol–water partition coefficient (Wildman–Crippen LogP) is 12.9. The molecular weight excluding hydrogens is 697 g/mol. The SMILES string of the molecule is CC1(C)c2c(ccc3c2Sc2ccccc2S3)-c2ccc3c4ccccc4n(-c4ccc(-c5nc(-c6ccccc6)nc(-c6ccccc6)n5)cc4)c3c21. The van der Waals surface area contributed by atoms with Crippen LogP contribution in [0.3, 0.4) is 0 Å². The summed E-state index contributed by atoms with van der Waals surface area (Å²) in [4.78, 5) is 20.3. The number of aromatic nitrogens is 4. The van der Waals surface area contributed by atoms with Gasteiger partial charge in [-0.05, 0) is 70.8 Å². The number of para-hydroxylation sites is 1. The highest BCUT2D eigenvalue weighted by atomic mass is 32.2. The number of benzene rings is 7. The quantitative estimate of drug-likeness (QED) is 0.180. The van der Waals surface area contributed by atoms with E-state index in [1.807, 2.05) is 84.2 Å². The summed E-state index contributed by atoms with van der Waals surface area (Å²) in [6.07, 6.45) is 0. The van der Waals surface area contributed by atoms with E-state index in [-0.39, 0.29) is 5.41 Å². The van der Waals surface area contributed by atoms with Gasteiger partial charge in [0.25, 0.3) is 0 Å². The summed E-state index contributed by atoms with van der Waals surface area (Å²) in [7, 11) is 0. The topological polar surface area (TPSA) is 43.6 Å². The van der Waals surface area contributed by atoms with Gasteiger partial charge in [0, 0.05) is 58.1 Å². The van der Waals surface area contributed by atoms with E-state index in [9.17, 15) is 0 Å². The molecule has 0 saturated carbocycles. The second-order valence-corrected chi connectivity index (χ2v) is 16.5. The Labute approximate surface area is 322 Å². The summed E-state index contributed by atoms with van der Waals surface area (Å²) < 4.78 is 2.47. The first kappa shape index (κ1) is 31.6. The zero-order valence-corrected chi connectivity index (χ0v) is 31.2. The molecule has 4 nitrogen and oxygen atoms in total. The van der Waals surface area contributed by atoms with Gasteiger partial charge in [0.15, 0.2) is 17.5 Å². The monoisotopic (exact) mass is 728 g/mol. The van der Waals surface area contributed by atoms with Crippen molar-refractivity contribution in [2.45, 2.75) is 38.8 Å². The molecule has 2 aliphatic rings. The fourth-order valence-corrected chi connectivity index (χ4v) is 11.0. The molecule has 0 bridgehead atoms. The van der Waals surface area contributed by atoms with Crippen LogP contribution in [0, 0.1) is 0 Å². The number of rotatable bonds is 4. The van der Waals surface area contributed by atoms with Gasteiger partial charge in [-0.3, -0.25) is 0 Å². The molecule has 0 amide bonds. The van der Waals surface area contributed by atoms with Gasteiger partial charge in [-0.15, -0.1) is 0 Å². The van der Waals surface area contributed by atoms with Crippen molar-refractivity contribution in [1.82, 2.24) is 19.5 Å². The molecule has 0 saturated heterocycles. The van der Waals surface area contributed by atoms with Crippen LogP contribution in [0.25, 0.3) is 72.8 Å². The van der Waals surface area contributed by atoms with E-state index in [4.69, 9.17) is 15.0 Å². The Morgan fingerprint density at radius 1 is 0.444 bits per heavy atom. The van der Waals surface area contributed by atoms with E-state index < -0.39 is 0 Å². The molecule has 3 heterocycles. The molecule has 6 heteroatoms. The van der Waals surface area contributed by atoms with Crippen molar-refractivity contribution in [3.63, 3.8) is 0 Å². The molecule has 0 N–H and O–H groups in total. The molecule has 11 rings (SSSR count). The van der Waals surface area contributed by atoms with Crippen LogP contribution in [0.4, 0.5) is 0 Å². The first-order valence-electron chi connectivity index (χ1n) is 18.2. The molecular formula is C48H32N4S2. The number of hydrogen-bond donors (Lipinski definition) is 0. The second-order valence-electron chi connectivity index (χ2n) is 14.4. The van der Waals surface area contributed by atoms with Gasteiger partial charge in [-0.1, -0.05) is 147 Å². The lowest BCUT2D eigenvalue weighted by Gasteiger charge is -2.28. The zero-order valence-electron chi connectivity index (χ0n) is 29.6. The number of fused-ring (bicyclic) bond motifs is 10. The Balaban J connectivity index is 1.08. The highest BCUT2D eigenvalue weighted by Gasteiger charge is 2.42. The Kier molecular flexibility index (Phi) is 7.04. The van der Waals surface area contributed by atoms with Gasteiger partial charge in [0.1, 0.15) is 0 Å². The molecule has 54 heavy (non-hydrogen) atoms. The standard InChI is InChI=1S/C48H32N4S2/c1-48(2)41-34(35-27-28-40-44(42(35)48)54-39-20-12-11-19-38(39)53-40)25-26-36-33-17-9-10-18-37(33)52(43(36)41)32-23-21-31(22-24-32)47-50-45(29-13-5-3-6-14-29)49-46(51-47)30-15-7-4-8-16-30/h3-28H,1-2H3. The summed E-state index contributed by atoms with van der Waals surface area (Å²) in [6.45, 7) is 4.84. The summed E-state index contributed by atoms with van der Waals surface area (Å²) in [5.74, 6) is 1.96. The maximum atomic E-state index is 5.00. The first-order chi connectivity index (χ1) is 26.5. The van der Waals surface area contributed by atoms with Crippen molar-refractivity contribution < 1.29 is 0 Å². The van der Waals surface area contributed by atoms with Gasteiger partial charge in [-0.25, -0.2) is 15.0 Å². The van der Waals surface area contributed by atoms with Crippen molar-refractivity contribution in [3.05, 3.63) is 169 Å². The van der Waals surface area contributed by atoms with E-state index in [1.165, 1.54) is 63.6 Å². The largest absolute Gasteiger partial charge is 0.309 e. The molecule has 2 aromatic heterocycles. The third-order valence-electron chi connectivity index (χ3n) is 10.9. The fourth-order valence-electron chi connectivity index (χ4n) is 8.44. The van der Waals surface area contributed by atoms with Gasteiger partial charge < -0.3 is 4.57 Å². The van der Waals surface area contributed by atoms with Crippen LogP contribution in [0.1, 0.15) is 25.0 Å². The minimum atomic E-state index is -0.228. The van der Waals surface area contributed by atoms with Crippen molar-refractivity contribution in [3.8, 4) is 51.0 Å². The van der Waals surface area contributed by atoms with Crippen molar-refractivity contribution in [1.29, 1.82) is 0 Å². The Morgan fingerprint density at radius 2 is 0.981 bits per heavy atom. The second kappa shape index (κ2) is 12.0. The third-order valence-corrected chi connectivity index (χ3v) is 13.5. The highest BCUT2D eigenvalue weighted by Crippen LogP contribution is 2.60. The summed E-state index contributed by atoms with van der Waals surface area (Å²) in [6, 6.07) is 56.0. The van der Waals surface area contributed by atoms with Crippen LogP contribution in [-0.4, -0.2) is 19.5 Å². The Bertz CT molecular complexity index is 2890. The van der Waals surface area contributed by atoms with Crippen LogP contribution < -0.4 is 0 Å². The number of nitrogens with zero attached hydrogens (tertiary/aromatic N) is 4. The summed E-state index contributed by atoms with van der Waals surface area (Å²) in [5.41, 5.74) is 11.7. The van der Waals surface area contributed by atoms with E-state index >= 15 is 0 Å². The van der Waals surface area contributed by atoms with E-state index in [0.29, 0.717) is 17.5 Å². The highest BCUT2D eigenvalue weighted by molar-refractivity contribution is 8.05. The lowest BCUT2D eigenvalue weighted by molar-refractivity contribution is 0.645. The van der Waals surface area contributed by atoms with Crippen LogP contribution in [0.2, 0.25) is 0 Å².